The SMILES string of the molecule is Cc1cc(COc2c(Cl)cccc2CNC(C)C)on1. The molecule has 1 aromatic carbocycles. The van der Waals surface area contributed by atoms with Gasteiger partial charge in [0.1, 0.15) is 12.4 Å². The van der Waals surface area contributed by atoms with E-state index in [4.69, 9.17) is 20.9 Å². The van der Waals surface area contributed by atoms with E-state index in [2.05, 4.69) is 24.3 Å². The lowest BCUT2D eigenvalue weighted by Crippen LogP contribution is -2.22. The van der Waals surface area contributed by atoms with E-state index in [1.165, 1.54) is 0 Å². The van der Waals surface area contributed by atoms with Gasteiger partial charge in [-0.05, 0) is 13.0 Å². The lowest BCUT2D eigenvalue weighted by Gasteiger charge is -2.14. The van der Waals surface area contributed by atoms with Crippen LogP contribution < -0.4 is 10.1 Å². The monoisotopic (exact) mass is 294 g/mol. The van der Waals surface area contributed by atoms with Gasteiger partial charge in [0, 0.05) is 24.2 Å². The van der Waals surface area contributed by atoms with Gasteiger partial charge in [-0.1, -0.05) is 42.7 Å². The average Bonchev–Trinajstić information content (AvgIpc) is 2.81. The van der Waals surface area contributed by atoms with E-state index in [1.54, 1.807) is 0 Å². The molecule has 0 amide bonds. The standard InChI is InChI=1S/C15H19ClN2O2/c1-10(2)17-8-12-5-4-6-14(16)15(12)19-9-13-7-11(3)18-20-13/h4-7,10,17H,8-9H2,1-3H3. The molecule has 0 bridgehead atoms. The van der Waals surface area contributed by atoms with E-state index in [0.717, 1.165) is 11.3 Å². The maximum Gasteiger partial charge on any atom is 0.174 e. The van der Waals surface area contributed by atoms with Crippen LogP contribution in [0.3, 0.4) is 0 Å². The summed E-state index contributed by atoms with van der Waals surface area (Å²) >= 11 is 6.22. The van der Waals surface area contributed by atoms with E-state index in [9.17, 15) is 0 Å². The molecule has 2 rings (SSSR count). The van der Waals surface area contributed by atoms with Crippen LogP contribution >= 0.6 is 11.6 Å². The largest absolute Gasteiger partial charge is 0.484 e. The first-order valence-corrected chi connectivity index (χ1v) is 7.00. The Morgan fingerprint density at radius 1 is 1.40 bits per heavy atom. The highest BCUT2D eigenvalue weighted by Crippen LogP contribution is 2.29. The number of hydrogen-bond acceptors (Lipinski definition) is 4. The van der Waals surface area contributed by atoms with Crippen molar-refractivity contribution in [2.24, 2.45) is 0 Å². The first-order valence-electron chi connectivity index (χ1n) is 6.62. The lowest BCUT2D eigenvalue weighted by molar-refractivity contribution is 0.246. The number of benzene rings is 1. The summed E-state index contributed by atoms with van der Waals surface area (Å²) in [7, 11) is 0. The Morgan fingerprint density at radius 3 is 2.85 bits per heavy atom. The zero-order valence-electron chi connectivity index (χ0n) is 11.9. The molecule has 20 heavy (non-hydrogen) atoms. The van der Waals surface area contributed by atoms with Crippen molar-refractivity contribution in [1.82, 2.24) is 10.5 Å². The molecular formula is C15H19ClN2O2. The van der Waals surface area contributed by atoms with Crippen molar-refractivity contribution < 1.29 is 9.26 Å². The quantitative estimate of drug-likeness (QED) is 0.882. The number of aryl methyl sites for hydroxylation is 1. The van der Waals surface area contributed by atoms with Crippen LogP contribution in [0.2, 0.25) is 5.02 Å². The van der Waals surface area contributed by atoms with Crippen molar-refractivity contribution in [3.8, 4) is 5.75 Å². The normalized spacial score (nSPS) is 11.1. The maximum absolute atomic E-state index is 6.22. The Balaban J connectivity index is 2.08. The molecule has 1 heterocycles. The van der Waals surface area contributed by atoms with Gasteiger partial charge in [0.05, 0.1) is 10.7 Å². The highest BCUT2D eigenvalue weighted by Gasteiger charge is 2.10. The predicted molar refractivity (Wildman–Crippen MR) is 79.0 cm³/mol. The summed E-state index contributed by atoms with van der Waals surface area (Å²) in [5, 5.41) is 7.79. The van der Waals surface area contributed by atoms with Crippen LogP contribution in [0.15, 0.2) is 28.8 Å². The Hall–Kier alpha value is -1.52. The molecule has 0 spiro atoms. The van der Waals surface area contributed by atoms with Crippen molar-refractivity contribution in [1.29, 1.82) is 0 Å². The Labute approximate surface area is 124 Å². The van der Waals surface area contributed by atoms with E-state index in [1.807, 2.05) is 31.2 Å². The minimum atomic E-state index is 0.319. The van der Waals surface area contributed by atoms with Gasteiger partial charge in [-0.25, -0.2) is 0 Å². The minimum absolute atomic E-state index is 0.319. The number of para-hydroxylation sites is 1. The highest BCUT2D eigenvalue weighted by molar-refractivity contribution is 6.32. The summed E-state index contributed by atoms with van der Waals surface area (Å²) in [6, 6.07) is 8.00. The second-order valence-corrected chi connectivity index (χ2v) is 5.39. The van der Waals surface area contributed by atoms with E-state index in [0.29, 0.717) is 35.7 Å². The van der Waals surface area contributed by atoms with Gasteiger partial charge in [-0.3, -0.25) is 0 Å². The van der Waals surface area contributed by atoms with Gasteiger partial charge in [0.2, 0.25) is 0 Å². The van der Waals surface area contributed by atoms with E-state index in [-0.39, 0.29) is 0 Å². The van der Waals surface area contributed by atoms with Crippen LogP contribution in [0, 0.1) is 6.92 Å². The molecule has 0 saturated heterocycles. The van der Waals surface area contributed by atoms with Crippen LogP contribution in [-0.4, -0.2) is 11.2 Å². The van der Waals surface area contributed by atoms with Crippen LogP contribution in [0.4, 0.5) is 0 Å². The maximum atomic E-state index is 6.22. The fourth-order valence-electron chi connectivity index (χ4n) is 1.80. The molecule has 0 atom stereocenters. The van der Waals surface area contributed by atoms with Crippen LogP contribution in [0.5, 0.6) is 5.75 Å². The zero-order chi connectivity index (χ0) is 14.5. The first-order chi connectivity index (χ1) is 9.56. The summed E-state index contributed by atoms with van der Waals surface area (Å²) in [6.45, 7) is 7.10. The van der Waals surface area contributed by atoms with Crippen molar-refractivity contribution in [2.75, 3.05) is 0 Å². The summed E-state index contributed by atoms with van der Waals surface area (Å²) in [6.07, 6.45) is 0. The van der Waals surface area contributed by atoms with Crippen LogP contribution in [-0.2, 0) is 13.2 Å². The van der Waals surface area contributed by atoms with Gasteiger partial charge in [0.25, 0.3) is 0 Å². The predicted octanol–water partition coefficient (Wildman–Crippen LogP) is 3.71. The van der Waals surface area contributed by atoms with E-state index < -0.39 is 0 Å². The molecule has 0 radical (unpaired) electrons. The molecule has 0 aliphatic rings. The smallest absolute Gasteiger partial charge is 0.174 e. The summed E-state index contributed by atoms with van der Waals surface area (Å²) in [5.74, 6) is 1.38. The van der Waals surface area contributed by atoms with Crippen molar-refractivity contribution in [3.63, 3.8) is 0 Å². The Kier molecular flexibility index (Phi) is 5.04. The van der Waals surface area contributed by atoms with Gasteiger partial charge in [0.15, 0.2) is 5.76 Å². The molecular weight excluding hydrogens is 276 g/mol. The number of nitrogens with zero attached hydrogens (tertiary/aromatic N) is 1. The third-order valence-electron chi connectivity index (χ3n) is 2.78. The zero-order valence-corrected chi connectivity index (χ0v) is 12.7. The topological polar surface area (TPSA) is 47.3 Å². The molecule has 0 aliphatic carbocycles. The fraction of sp³-hybridized carbons (Fsp3) is 0.400. The second-order valence-electron chi connectivity index (χ2n) is 4.99. The Bertz CT molecular complexity index is 567. The summed E-state index contributed by atoms with van der Waals surface area (Å²) in [4.78, 5) is 0. The average molecular weight is 295 g/mol. The molecule has 0 saturated carbocycles. The van der Waals surface area contributed by atoms with Crippen molar-refractivity contribution in [3.05, 3.63) is 46.3 Å². The number of rotatable bonds is 6. The summed E-state index contributed by atoms with van der Waals surface area (Å²) < 4.78 is 10.9. The first kappa shape index (κ1) is 14.9. The fourth-order valence-corrected chi connectivity index (χ4v) is 2.04. The molecule has 2 aromatic rings. The third kappa shape index (κ3) is 3.99. The third-order valence-corrected chi connectivity index (χ3v) is 3.08. The molecule has 1 N–H and O–H groups in total. The van der Waals surface area contributed by atoms with Gasteiger partial charge >= 0.3 is 0 Å². The molecule has 0 fully saturated rings. The van der Waals surface area contributed by atoms with Gasteiger partial charge < -0.3 is 14.6 Å². The number of nitrogens with one attached hydrogen (secondary N) is 1. The number of halogens is 1. The number of ether oxygens (including phenoxy) is 1. The molecule has 108 valence electrons. The molecule has 5 heteroatoms. The van der Waals surface area contributed by atoms with Crippen molar-refractivity contribution in [2.45, 2.75) is 40.0 Å². The number of aromatic nitrogens is 1. The molecule has 0 aliphatic heterocycles. The van der Waals surface area contributed by atoms with Gasteiger partial charge in [-0.2, -0.15) is 0 Å². The van der Waals surface area contributed by atoms with Crippen LogP contribution in [0.25, 0.3) is 0 Å². The molecule has 4 nitrogen and oxygen atoms in total. The second kappa shape index (κ2) is 6.77. The van der Waals surface area contributed by atoms with Crippen LogP contribution in [0.1, 0.15) is 30.9 Å². The van der Waals surface area contributed by atoms with Gasteiger partial charge in [-0.15, -0.1) is 0 Å². The molecule has 0 unspecified atom stereocenters. The minimum Gasteiger partial charge on any atom is -0.484 e. The summed E-state index contributed by atoms with van der Waals surface area (Å²) in [5.41, 5.74) is 1.87. The Morgan fingerprint density at radius 2 is 2.20 bits per heavy atom. The lowest BCUT2D eigenvalue weighted by atomic mass is 10.2. The molecule has 1 aromatic heterocycles. The van der Waals surface area contributed by atoms with E-state index >= 15 is 0 Å². The number of hydrogen-bond donors (Lipinski definition) is 1. The highest BCUT2D eigenvalue weighted by atomic mass is 35.5. The van der Waals surface area contributed by atoms with Crippen molar-refractivity contribution >= 4 is 11.6 Å².